The number of nitrogen functional groups attached to an aromatic ring is 1. The molecule has 38 heavy (non-hydrogen) atoms. The van der Waals surface area contributed by atoms with Crippen LogP contribution in [0.1, 0.15) is 58.4 Å². The molecule has 0 saturated carbocycles. The summed E-state index contributed by atoms with van der Waals surface area (Å²) >= 11 is 12.8. The molecule has 1 aliphatic rings. The largest absolute Gasteiger partial charge is 0.494 e. The number of hydrogen-bond donors (Lipinski definition) is 2. The minimum Gasteiger partial charge on any atom is -0.494 e. The number of nitrogens with zero attached hydrogens (tertiary/aromatic N) is 3. The van der Waals surface area contributed by atoms with Crippen molar-refractivity contribution in [1.29, 1.82) is 0 Å². The number of benzene rings is 1. The molecule has 3 N–H and O–H groups in total. The number of aryl methyl sites for hydroxylation is 2. The first kappa shape index (κ1) is 31.8. The first-order valence-corrected chi connectivity index (χ1v) is 13.8. The topological polar surface area (TPSA) is 108 Å². The van der Waals surface area contributed by atoms with Gasteiger partial charge < -0.3 is 25.0 Å². The highest BCUT2D eigenvalue weighted by atomic mass is 35.5. The van der Waals surface area contributed by atoms with E-state index in [0.717, 1.165) is 25.5 Å². The van der Waals surface area contributed by atoms with Crippen molar-refractivity contribution in [2.45, 2.75) is 66.9 Å². The lowest BCUT2D eigenvalue weighted by Crippen LogP contribution is -2.11. The summed E-state index contributed by atoms with van der Waals surface area (Å²) in [4.78, 5) is 8.92. The van der Waals surface area contributed by atoms with Gasteiger partial charge in [0.15, 0.2) is 5.82 Å². The number of ether oxygens (including phenoxy) is 2. The highest BCUT2D eigenvalue weighted by molar-refractivity contribution is 6.35. The molecule has 3 heterocycles. The van der Waals surface area contributed by atoms with E-state index in [1.165, 1.54) is 12.8 Å². The van der Waals surface area contributed by atoms with Crippen molar-refractivity contribution in [3.63, 3.8) is 0 Å². The van der Waals surface area contributed by atoms with Gasteiger partial charge in [0, 0.05) is 12.2 Å². The molecule has 0 spiro atoms. The summed E-state index contributed by atoms with van der Waals surface area (Å²) in [5.41, 5.74) is 8.46. The maximum atomic E-state index is 6.40. The summed E-state index contributed by atoms with van der Waals surface area (Å²) in [5.74, 6) is 2.60. The quantitative estimate of drug-likeness (QED) is 0.291. The number of nitrogens with one attached hydrogen (secondary N) is 1. The summed E-state index contributed by atoms with van der Waals surface area (Å²) in [6.45, 7) is 14.7. The normalized spacial score (nSPS) is 14.5. The van der Waals surface area contributed by atoms with Crippen LogP contribution in [-0.2, 0) is 4.74 Å². The fraction of sp³-hybridized carbons (Fsp3) is 0.536. The molecule has 10 heteroatoms. The van der Waals surface area contributed by atoms with Gasteiger partial charge in [0.1, 0.15) is 28.0 Å². The number of rotatable bonds is 7. The summed E-state index contributed by atoms with van der Waals surface area (Å²) in [5, 5.41) is 7.77. The van der Waals surface area contributed by atoms with E-state index in [1.54, 1.807) is 25.1 Å². The Labute approximate surface area is 236 Å². The van der Waals surface area contributed by atoms with Gasteiger partial charge in [-0.05, 0) is 77.7 Å². The molecular formula is C28H41Cl2N5O3. The number of halogens is 2. The van der Waals surface area contributed by atoms with Gasteiger partial charge >= 0.3 is 0 Å². The van der Waals surface area contributed by atoms with Crippen LogP contribution in [0.3, 0.4) is 0 Å². The Balaban J connectivity index is 0.000000426. The summed E-state index contributed by atoms with van der Waals surface area (Å²) in [6, 6.07) is 5.34. The van der Waals surface area contributed by atoms with Gasteiger partial charge in [0.25, 0.3) is 0 Å². The van der Waals surface area contributed by atoms with E-state index < -0.39 is 0 Å². The molecular weight excluding hydrogens is 525 g/mol. The number of anilines is 1. The molecule has 1 fully saturated rings. The van der Waals surface area contributed by atoms with Crippen LogP contribution in [0.25, 0.3) is 22.6 Å². The highest BCUT2D eigenvalue weighted by Gasteiger charge is 2.21. The van der Waals surface area contributed by atoms with Crippen LogP contribution in [0, 0.1) is 19.8 Å². The third kappa shape index (κ3) is 9.73. The highest BCUT2D eigenvalue weighted by Crippen LogP contribution is 2.37. The molecule has 8 nitrogen and oxygen atoms in total. The maximum absolute atomic E-state index is 6.40. The number of nitrogens with two attached hydrogens (primary N) is 1. The molecule has 0 radical (unpaired) electrons. The zero-order valence-electron chi connectivity index (χ0n) is 23.5. The first-order chi connectivity index (χ1) is 18.0. The van der Waals surface area contributed by atoms with Gasteiger partial charge in [-0.15, -0.1) is 0 Å². The van der Waals surface area contributed by atoms with Crippen molar-refractivity contribution in [1.82, 2.24) is 20.4 Å². The summed E-state index contributed by atoms with van der Waals surface area (Å²) < 4.78 is 16.2. The number of hydrogen-bond acceptors (Lipinski definition) is 8. The Morgan fingerprint density at radius 2 is 1.89 bits per heavy atom. The zero-order valence-corrected chi connectivity index (χ0v) is 25.0. The second-order valence-electron chi connectivity index (χ2n) is 9.80. The van der Waals surface area contributed by atoms with E-state index in [0.29, 0.717) is 57.6 Å². The predicted octanol–water partition coefficient (Wildman–Crippen LogP) is 7.14. The average Bonchev–Trinajstić information content (AvgIpc) is 3.47. The Kier molecular flexibility index (Phi) is 13.3. The van der Waals surface area contributed by atoms with Crippen molar-refractivity contribution in [3.05, 3.63) is 39.7 Å². The summed E-state index contributed by atoms with van der Waals surface area (Å²) in [7, 11) is 1.90. The van der Waals surface area contributed by atoms with E-state index >= 15 is 0 Å². The Morgan fingerprint density at radius 3 is 2.42 bits per heavy atom. The van der Waals surface area contributed by atoms with Gasteiger partial charge in [0.05, 0.1) is 29.0 Å². The van der Waals surface area contributed by atoms with Gasteiger partial charge in [-0.3, -0.25) is 0 Å². The molecule has 210 valence electrons. The Bertz CT molecular complexity index is 1130. The first-order valence-electron chi connectivity index (χ1n) is 13.0. The molecule has 1 atom stereocenters. The van der Waals surface area contributed by atoms with Crippen LogP contribution < -0.4 is 15.8 Å². The van der Waals surface area contributed by atoms with E-state index in [1.807, 2.05) is 14.0 Å². The van der Waals surface area contributed by atoms with E-state index in [-0.39, 0.29) is 10.8 Å². The van der Waals surface area contributed by atoms with Gasteiger partial charge in [-0.1, -0.05) is 49.1 Å². The van der Waals surface area contributed by atoms with Crippen LogP contribution in [0.5, 0.6) is 5.75 Å². The minimum absolute atomic E-state index is 0.151. The maximum Gasteiger partial charge on any atom is 0.163 e. The lowest BCUT2D eigenvalue weighted by molar-refractivity contribution is 0.125. The van der Waals surface area contributed by atoms with Crippen LogP contribution >= 0.6 is 23.2 Å². The molecule has 2 aromatic heterocycles. The Hall–Kier alpha value is -2.39. The Morgan fingerprint density at radius 1 is 1.18 bits per heavy atom. The van der Waals surface area contributed by atoms with Crippen molar-refractivity contribution >= 4 is 29.0 Å². The zero-order chi connectivity index (χ0) is 28.2. The lowest BCUT2D eigenvalue weighted by atomic mass is 10.1. The molecule has 1 aromatic carbocycles. The van der Waals surface area contributed by atoms with Crippen molar-refractivity contribution in [2.75, 3.05) is 32.5 Å². The van der Waals surface area contributed by atoms with Gasteiger partial charge in [-0.25, -0.2) is 9.97 Å². The average molecular weight is 567 g/mol. The van der Waals surface area contributed by atoms with Crippen molar-refractivity contribution in [2.24, 2.45) is 5.92 Å². The second kappa shape index (κ2) is 15.9. The van der Waals surface area contributed by atoms with Crippen molar-refractivity contribution < 1.29 is 14.0 Å². The van der Waals surface area contributed by atoms with E-state index in [9.17, 15) is 0 Å². The van der Waals surface area contributed by atoms with Gasteiger partial charge in [0.2, 0.25) is 0 Å². The lowest BCUT2D eigenvalue weighted by Gasteiger charge is -2.12. The molecule has 0 amide bonds. The monoisotopic (exact) mass is 565 g/mol. The standard InChI is InChI=1S/C19H21Cl2N5O2.C5H10O.C4H10/c1-10-15(11(2)28-26-10)17-16(21)18(22)25-19(24-17)13-9-12(5-6-14(13)20)27-8-4-7-23-3;1-5-3-2-4-6-5;1-4(2)3/h5-6,9,23H,4,7-8H2,1-3H3,(H2,22,24,25);5H,2-4H2,1H3;4H,1-3H3/t;5-;/m.0./s1. The fourth-order valence-corrected chi connectivity index (χ4v) is 3.90. The van der Waals surface area contributed by atoms with Crippen molar-refractivity contribution in [3.8, 4) is 28.4 Å². The minimum atomic E-state index is 0.151. The molecule has 1 saturated heterocycles. The third-order valence-corrected chi connectivity index (χ3v) is 6.03. The van der Waals surface area contributed by atoms with Crippen LogP contribution in [0.2, 0.25) is 10.0 Å². The van der Waals surface area contributed by atoms with Crippen LogP contribution in [-0.4, -0.2) is 48.0 Å². The molecule has 1 aliphatic heterocycles. The summed E-state index contributed by atoms with van der Waals surface area (Å²) in [6.07, 6.45) is 3.96. The number of aromatic nitrogens is 3. The molecule has 0 bridgehead atoms. The van der Waals surface area contributed by atoms with Crippen LogP contribution in [0.4, 0.5) is 5.82 Å². The second-order valence-corrected chi connectivity index (χ2v) is 10.6. The predicted molar refractivity (Wildman–Crippen MR) is 156 cm³/mol. The fourth-order valence-electron chi connectivity index (χ4n) is 3.51. The van der Waals surface area contributed by atoms with Gasteiger partial charge in [-0.2, -0.15) is 0 Å². The molecule has 0 unspecified atom stereocenters. The molecule has 0 aliphatic carbocycles. The molecule has 4 rings (SSSR count). The van der Waals surface area contributed by atoms with E-state index in [4.69, 9.17) is 42.9 Å². The third-order valence-electron chi connectivity index (χ3n) is 5.32. The molecule has 3 aromatic rings. The smallest absolute Gasteiger partial charge is 0.163 e. The SMILES string of the molecule is CC(C)C.CNCCCOc1ccc(Cl)c(-c2nc(N)c(Cl)c(-c3c(C)noc3C)n2)c1.C[C@H]1CCCO1. The van der Waals surface area contributed by atoms with E-state index in [2.05, 4.69) is 48.1 Å². The van der Waals surface area contributed by atoms with Crippen LogP contribution in [0.15, 0.2) is 22.7 Å².